The van der Waals surface area contributed by atoms with E-state index in [0.717, 1.165) is 13.1 Å². The standard InChI is InChI=1S/C12H20N4O/c1-10-8-16(11(2)7-14-10)12(17)3-5-15-6-4-13-9-15/h4,6,9-11,14H,3,5,7-8H2,1-2H3. The molecule has 0 bridgehead atoms. The maximum absolute atomic E-state index is 12.1. The highest BCUT2D eigenvalue weighted by Crippen LogP contribution is 2.09. The lowest BCUT2D eigenvalue weighted by Gasteiger charge is -2.37. The average molecular weight is 236 g/mol. The Balaban J connectivity index is 1.86. The molecule has 0 saturated carbocycles. The summed E-state index contributed by atoms with van der Waals surface area (Å²) in [6.07, 6.45) is 5.92. The first-order chi connectivity index (χ1) is 8.16. The summed E-state index contributed by atoms with van der Waals surface area (Å²) < 4.78 is 1.94. The van der Waals surface area contributed by atoms with Gasteiger partial charge in [0, 0.05) is 50.5 Å². The average Bonchev–Trinajstić information content (AvgIpc) is 2.82. The van der Waals surface area contributed by atoms with Crippen LogP contribution < -0.4 is 5.32 Å². The molecular weight excluding hydrogens is 216 g/mol. The van der Waals surface area contributed by atoms with Crippen LogP contribution in [0.5, 0.6) is 0 Å². The van der Waals surface area contributed by atoms with E-state index in [2.05, 4.69) is 24.1 Å². The first-order valence-corrected chi connectivity index (χ1v) is 6.15. The van der Waals surface area contributed by atoms with Crippen molar-refractivity contribution in [3.8, 4) is 0 Å². The molecule has 5 heteroatoms. The molecule has 1 amide bonds. The fourth-order valence-corrected chi connectivity index (χ4v) is 2.16. The predicted molar refractivity (Wildman–Crippen MR) is 65.5 cm³/mol. The highest BCUT2D eigenvalue weighted by Gasteiger charge is 2.25. The van der Waals surface area contributed by atoms with Gasteiger partial charge < -0.3 is 14.8 Å². The van der Waals surface area contributed by atoms with E-state index in [9.17, 15) is 4.79 Å². The van der Waals surface area contributed by atoms with Gasteiger partial charge in [-0.2, -0.15) is 0 Å². The van der Waals surface area contributed by atoms with E-state index in [4.69, 9.17) is 0 Å². The van der Waals surface area contributed by atoms with Gasteiger partial charge in [0.25, 0.3) is 0 Å². The Labute approximate surface area is 102 Å². The molecule has 5 nitrogen and oxygen atoms in total. The number of aryl methyl sites for hydroxylation is 1. The molecule has 1 N–H and O–H groups in total. The maximum atomic E-state index is 12.1. The van der Waals surface area contributed by atoms with Crippen LogP contribution in [0.15, 0.2) is 18.7 Å². The molecule has 0 radical (unpaired) electrons. The van der Waals surface area contributed by atoms with Gasteiger partial charge in [0.1, 0.15) is 0 Å². The second-order valence-corrected chi connectivity index (χ2v) is 4.75. The van der Waals surface area contributed by atoms with Crippen molar-refractivity contribution < 1.29 is 4.79 Å². The Morgan fingerprint density at radius 3 is 3.06 bits per heavy atom. The van der Waals surface area contributed by atoms with Crippen LogP contribution in [0.1, 0.15) is 20.3 Å². The van der Waals surface area contributed by atoms with E-state index in [1.54, 1.807) is 12.5 Å². The molecule has 1 aromatic rings. The summed E-state index contributed by atoms with van der Waals surface area (Å²) in [5.74, 6) is 0.236. The quantitative estimate of drug-likeness (QED) is 0.830. The van der Waals surface area contributed by atoms with Gasteiger partial charge in [0.2, 0.25) is 5.91 Å². The van der Waals surface area contributed by atoms with Crippen LogP contribution in [0.3, 0.4) is 0 Å². The number of nitrogens with one attached hydrogen (secondary N) is 1. The Bertz CT molecular complexity index is 363. The molecule has 2 unspecified atom stereocenters. The van der Waals surface area contributed by atoms with Crippen LogP contribution in [0.25, 0.3) is 0 Å². The van der Waals surface area contributed by atoms with Crippen LogP contribution in [0, 0.1) is 0 Å². The Hall–Kier alpha value is -1.36. The minimum absolute atomic E-state index is 0.236. The van der Waals surface area contributed by atoms with E-state index in [-0.39, 0.29) is 5.91 Å². The van der Waals surface area contributed by atoms with E-state index >= 15 is 0 Å². The van der Waals surface area contributed by atoms with Gasteiger partial charge in [-0.1, -0.05) is 0 Å². The third-order valence-electron chi connectivity index (χ3n) is 3.23. The fraction of sp³-hybridized carbons (Fsp3) is 0.667. The second-order valence-electron chi connectivity index (χ2n) is 4.75. The molecule has 17 heavy (non-hydrogen) atoms. The zero-order valence-corrected chi connectivity index (χ0v) is 10.5. The van der Waals surface area contributed by atoms with Crippen molar-refractivity contribution in [2.24, 2.45) is 0 Å². The molecule has 1 aliphatic heterocycles. The van der Waals surface area contributed by atoms with E-state index in [0.29, 0.717) is 25.0 Å². The topological polar surface area (TPSA) is 50.2 Å². The van der Waals surface area contributed by atoms with Crippen LogP contribution >= 0.6 is 0 Å². The normalized spacial score (nSPS) is 24.9. The molecule has 2 heterocycles. The van der Waals surface area contributed by atoms with Crippen molar-refractivity contribution in [3.63, 3.8) is 0 Å². The number of rotatable bonds is 3. The van der Waals surface area contributed by atoms with Crippen molar-refractivity contribution in [2.45, 2.75) is 38.9 Å². The number of hydrogen-bond donors (Lipinski definition) is 1. The van der Waals surface area contributed by atoms with E-state index in [1.165, 1.54) is 0 Å². The van der Waals surface area contributed by atoms with Gasteiger partial charge in [0.05, 0.1) is 6.33 Å². The van der Waals surface area contributed by atoms with Gasteiger partial charge in [-0.25, -0.2) is 4.98 Å². The highest BCUT2D eigenvalue weighted by atomic mass is 16.2. The lowest BCUT2D eigenvalue weighted by atomic mass is 10.1. The Kier molecular flexibility index (Phi) is 3.78. The zero-order chi connectivity index (χ0) is 12.3. The number of amides is 1. The predicted octanol–water partition coefficient (Wildman–Crippen LogP) is 0.482. The SMILES string of the molecule is CC1CN(C(=O)CCn2ccnc2)C(C)CN1. The largest absolute Gasteiger partial charge is 0.337 e. The molecule has 1 aliphatic rings. The number of hydrogen-bond acceptors (Lipinski definition) is 3. The fourth-order valence-electron chi connectivity index (χ4n) is 2.16. The molecule has 1 aromatic heterocycles. The molecule has 1 fully saturated rings. The lowest BCUT2D eigenvalue weighted by Crippen LogP contribution is -2.56. The first kappa shape index (κ1) is 12.1. The number of piperazine rings is 1. The summed E-state index contributed by atoms with van der Waals surface area (Å²) in [4.78, 5) is 18.1. The van der Waals surface area contributed by atoms with Gasteiger partial charge in [-0.3, -0.25) is 4.79 Å². The molecule has 0 aromatic carbocycles. The van der Waals surface area contributed by atoms with Crippen molar-refractivity contribution in [1.82, 2.24) is 19.8 Å². The summed E-state index contributed by atoms with van der Waals surface area (Å²) in [7, 11) is 0. The van der Waals surface area contributed by atoms with Crippen molar-refractivity contribution in [3.05, 3.63) is 18.7 Å². The minimum Gasteiger partial charge on any atom is -0.337 e. The van der Waals surface area contributed by atoms with Crippen molar-refractivity contribution in [1.29, 1.82) is 0 Å². The summed E-state index contributed by atoms with van der Waals surface area (Å²) in [5.41, 5.74) is 0. The molecule has 94 valence electrons. The highest BCUT2D eigenvalue weighted by molar-refractivity contribution is 5.76. The molecule has 0 spiro atoms. The first-order valence-electron chi connectivity index (χ1n) is 6.15. The maximum Gasteiger partial charge on any atom is 0.224 e. The van der Waals surface area contributed by atoms with Gasteiger partial charge in [0.15, 0.2) is 0 Å². The van der Waals surface area contributed by atoms with Crippen LogP contribution in [-0.4, -0.2) is 45.5 Å². The van der Waals surface area contributed by atoms with Gasteiger partial charge in [-0.15, -0.1) is 0 Å². The van der Waals surface area contributed by atoms with Crippen LogP contribution in [0.4, 0.5) is 0 Å². The van der Waals surface area contributed by atoms with Crippen molar-refractivity contribution >= 4 is 5.91 Å². The van der Waals surface area contributed by atoms with Crippen LogP contribution in [-0.2, 0) is 11.3 Å². The third kappa shape index (κ3) is 3.06. The summed E-state index contributed by atoms with van der Waals surface area (Å²) in [5, 5.41) is 3.38. The van der Waals surface area contributed by atoms with Gasteiger partial charge in [-0.05, 0) is 13.8 Å². The van der Waals surface area contributed by atoms with Crippen molar-refractivity contribution in [2.75, 3.05) is 13.1 Å². The molecule has 1 saturated heterocycles. The van der Waals surface area contributed by atoms with E-state index < -0.39 is 0 Å². The minimum atomic E-state index is 0.236. The monoisotopic (exact) mass is 236 g/mol. The lowest BCUT2D eigenvalue weighted by molar-refractivity contribution is -0.134. The number of carbonyl (C=O) groups is 1. The third-order valence-corrected chi connectivity index (χ3v) is 3.23. The molecule has 0 aliphatic carbocycles. The number of carbonyl (C=O) groups excluding carboxylic acids is 1. The smallest absolute Gasteiger partial charge is 0.224 e. The zero-order valence-electron chi connectivity index (χ0n) is 10.5. The number of imidazole rings is 1. The number of aromatic nitrogens is 2. The Morgan fingerprint density at radius 1 is 1.53 bits per heavy atom. The molecule has 2 atom stereocenters. The summed E-state index contributed by atoms with van der Waals surface area (Å²) >= 11 is 0. The summed E-state index contributed by atoms with van der Waals surface area (Å²) in [6, 6.07) is 0.685. The van der Waals surface area contributed by atoms with E-state index in [1.807, 2.05) is 15.7 Å². The number of nitrogens with zero attached hydrogens (tertiary/aromatic N) is 3. The summed E-state index contributed by atoms with van der Waals surface area (Å²) in [6.45, 7) is 6.61. The molecular formula is C12H20N4O. The second kappa shape index (κ2) is 5.31. The Morgan fingerprint density at radius 2 is 2.35 bits per heavy atom. The van der Waals surface area contributed by atoms with Gasteiger partial charge >= 0.3 is 0 Å². The van der Waals surface area contributed by atoms with Crippen LogP contribution in [0.2, 0.25) is 0 Å². The molecule has 2 rings (SSSR count).